The van der Waals surface area contributed by atoms with E-state index in [0.717, 1.165) is 74.5 Å². The first-order valence-corrected chi connectivity index (χ1v) is 10.0. The number of nitrogens with zero attached hydrogens (tertiary/aromatic N) is 6. The Balaban J connectivity index is 1.53. The Kier molecular flexibility index (Phi) is 5.33. The van der Waals surface area contributed by atoms with E-state index < -0.39 is 0 Å². The Labute approximate surface area is 151 Å². The van der Waals surface area contributed by atoms with Gasteiger partial charge in [0.2, 0.25) is 0 Å². The third kappa shape index (κ3) is 3.88. The molecule has 2 saturated heterocycles. The maximum absolute atomic E-state index is 5.87. The highest BCUT2D eigenvalue weighted by molar-refractivity contribution is 7.98. The topological polar surface area (TPSA) is 82.7 Å². The number of aryl methyl sites for hydroxylation is 1. The third-order valence-corrected chi connectivity index (χ3v) is 5.96. The molecular formula is C16H25N7OS. The zero-order valence-corrected chi connectivity index (χ0v) is 15.4. The summed E-state index contributed by atoms with van der Waals surface area (Å²) >= 11 is 1.68. The molecular weight excluding hydrogens is 338 g/mol. The SMILES string of the molecule is Cn1cnnc1CSc1nnc(C2CCNCC2)n1C[C@H]1CCCO1. The van der Waals surface area contributed by atoms with Crippen LogP contribution in [0, 0.1) is 0 Å². The lowest BCUT2D eigenvalue weighted by Gasteiger charge is -2.23. The lowest BCUT2D eigenvalue weighted by molar-refractivity contribution is 0.0936. The fraction of sp³-hybridized carbons (Fsp3) is 0.750. The first kappa shape index (κ1) is 17.0. The number of thioether (sulfide) groups is 1. The first-order valence-electron chi connectivity index (χ1n) is 9.02. The molecule has 2 aromatic rings. The predicted molar refractivity (Wildman–Crippen MR) is 94.4 cm³/mol. The molecule has 25 heavy (non-hydrogen) atoms. The minimum Gasteiger partial charge on any atom is -0.376 e. The number of aromatic nitrogens is 6. The van der Waals surface area contributed by atoms with E-state index in [2.05, 4.69) is 30.3 Å². The molecule has 0 spiro atoms. The quantitative estimate of drug-likeness (QED) is 0.776. The van der Waals surface area contributed by atoms with Gasteiger partial charge in [-0.05, 0) is 38.8 Å². The van der Waals surface area contributed by atoms with Crippen molar-refractivity contribution in [2.75, 3.05) is 19.7 Å². The van der Waals surface area contributed by atoms with E-state index in [-0.39, 0.29) is 6.10 Å². The molecule has 136 valence electrons. The lowest BCUT2D eigenvalue weighted by atomic mass is 9.97. The van der Waals surface area contributed by atoms with Crippen LogP contribution in [0.5, 0.6) is 0 Å². The average molecular weight is 363 g/mol. The van der Waals surface area contributed by atoms with Gasteiger partial charge in [-0.2, -0.15) is 0 Å². The molecule has 4 heterocycles. The van der Waals surface area contributed by atoms with E-state index in [4.69, 9.17) is 4.74 Å². The van der Waals surface area contributed by atoms with Crippen LogP contribution in [-0.2, 0) is 24.1 Å². The number of ether oxygens (including phenoxy) is 1. The van der Waals surface area contributed by atoms with Crippen LogP contribution in [0.25, 0.3) is 0 Å². The summed E-state index contributed by atoms with van der Waals surface area (Å²) in [6, 6.07) is 0. The summed E-state index contributed by atoms with van der Waals surface area (Å²) in [6.45, 7) is 3.84. The Bertz CT molecular complexity index is 688. The lowest BCUT2D eigenvalue weighted by Crippen LogP contribution is -2.29. The summed E-state index contributed by atoms with van der Waals surface area (Å²) in [5, 5.41) is 21.6. The van der Waals surface area contributed by atoms with Crippen LogP contribution in [0.3, 0.4) is 0 Å². The molecule has 4 rings (SSSR count). The number of hydrogen-bond donors (Lipinski definition) is 1. The second-order valence-electron chi connectivity index (χ2n) is 6.76. The Hall–Kier alpha value is -1.45. The Morgan fingerprint density at radius 2 is 2.12 bits per heavy atom. The molecule has 2 aromatic heterocycles. The Morgan fingerprint density at radius 1 is 1.24 bits per heavy atom. The van der Waals surface area contributed by atoms with Crippen molar-refractivity contribution in [3.8, 4) is 0 Å². The van der Waals surface area contributed by atoms with Crippen LogP contribution in [0.4, 0.5) is 0 Å². The number of hydrogen-bond acceptors (Lipinski definition) is 7. The summed E-state index contributed by atoms with van der Waals surface area (Å²) in [5.41, 5.74) is 0. The predicted octanol–water partition coefficient (Wildman–Crippen LogP) is 1.34. The molecule has 0 aliphatic carbocycles. The van der Waals surface area contributed by atoms with E-state index in [0.29, 0.717) is 5.92 Å². The minimum atomic E-state index is 0.283. The van der Waals surface area contributed by atoms with Gasteiger partial charge in [0.1, 0.15) is 18.0 Å². The molecule has 2 fully saturated rings. The normalized spacial score (nSPS) is 21.9. The van der Waals surface area contributed by atoms with E-state index in [1.807, 2.05) is 11.6 Å². The van der Waals surface area contributed by atoms with Crippen molar-refractivity contribution in [1.82, 2.24) is 34.8 Å². The maximum atomic E-state index is 5.87. The van der Waals surface area contributed by atoms with Crippen LogP contribution >= 0.6 is 11.8 Å². The molecule has 1 atom stereocenters. The van der Waals surface area contributed by atoms with E-state index in [9.17, 15) is 0 Å². The van der Waals surface area contributed by atoms with Gasteiger partial charge in [-0.25, -0.2) is 0 Å². The van der Waals surface area contributed by atoms with Crippen LogP contribution < -0.4 is 5.32 Å². The summed E-state index contributed by atoms with van der Waals surface area (Å²) in [7, 11) is 1.97. The van der Waals surface area contributed by atoms with E-state index >= 15 is 0 Å². The van der Waals surface area contributed by atoms with E-state index in [1.54, 1.807) is 18.1 Å². The van der Waals surface area contributed by atoms with Gasteiger partial charge in [-0.15, -0.1) is 20.4 Å². The fourth-order valence-corrected chi connectivity index (χ4v) is 4.46. The number of rotatable bonds is 6. The minimum absolute atomic E-state index is 0.283. The van der Waals surface area contributed by atoms with Gasteiger partial charge in [-0.3, -0.25) is 0 Å². The van der Waals surface area contributed by atoms with Crippen LogP contribution in [0.2, 0.25) is 0 Å². The molecule has 1 N–H and O–H groups in total. The van der Waals surface area contributed by atoms with Crippen molar-refractivity contribution in [3.05, 3.63) is 18.0 Å². The first-order chi connectivity index (χ1) is 12.3. The van der Waals surface area contributed by atoms with Crippen molar-refractivity contribution in [2.24, 2.45) is 7.05 Å². The Morgan fingerprint density at radius 3 is 2.84 bits per heavy atom. The van der Waals surface area contributed by atoms with Crippen molar-refractivity contribution in [1.29, 1.82) is 0 Å². The second kappa shape index (κ2) is 7.84. The van der Waals surface area contributed by atoms with Gasteiger partial charge < -0.3 is 19.2 Å². The van der Waals surface area contributed by atoms with Gasteiger partial charge in [0.25, 0.3) is 0 Å². The molecule has 2 aliphatic heterocycles. The van der Waals surface area contributed by atoms with Gasteiger partial charge in [0, 0.05) is 19.6 Å². The molecule has 9 heteroatoms. The van der Waals surface area contributed by atoms with Crippen molar-refractivity contribution in [3.63, 3.8) is 0 Å². The standard InChI is InChI=1S/C16H25N7OS/c1-22-11-18-19-14(22)10-25-16-21-20-15(12-4-6-17-7-5-12)23(16)9-13-3-2-8-24-13/h11-13,17H,2-10H2,1H3/t13-/m1/s1. The van der Waals surface area contributed by atoms with Crippen molar-refractivity contribution in [2.45, 2.75) is 55.2 Å². The third-order valence-electron chi connectivity index (χ3n) is 5.00. The monoisotopic (exact) mass is 363 g/mol. The average Bonchev–Trinajstić information content (AvgIpc) is 3.37. The number of piperidine rings is 1. The largest absolute Gasteiger partial charge is 0.376 e. The van der Waals surface area contributed by atoms with Crippen LogP contribution in [-0.4, -0.2) is 55.3 Å². The van der Waals surface area contributed by atoms with Gasteiger partial charge in [0.05, 0.1) is 18.4 Å². The smallest absolute Gasteiger partial charge is 0.191 e. The highest BCUT2D eigenvalue weighted by atomic mass is 32.2. The summed E-state index contributed by atoms with van der Waals surface area (Å²) < 4.78 is 10.1. The summed E-state index contributed by atoms with van der Waals surface area (Å²) in [6.07, 6.45) is 6.53. The van der Waals surface area contributed by atoms with E-state index in [1.165, 1.54) is 0 Å². The molecule has 0 amide bonds. The molecule has 0 unspecified atom stereocenters. The molecule has 0 radical (unpaired) electrons. The highest BCUT2D eigenvalue weighted by Crippen LogP contribution is 2.30. The molecule has 2 aliphatic rings. The summed E-state index contributed by atoms with van der Waals surface area (Å²) in [5.74, 6) is 3.30. The number of nitrogens with one attached hydrogen (secondary N) is 1. The zero-order chi connectivity index (χ0) is 17.1. The molecule has 0 saturated carbocycles. The highest BCUT2D eigenvalue weighted by Gasteiger charge is 2.26. The van der Waals surface area contributed by atoms with Crippen molar-refractivity contribution >= 4 is 11.8 Å². The molecule has 0 aromatic carbocycles. The fourth-order valence-electron chi connectivity index (χ4n) is 3.52. The van der Waals surface area contributed by atoms with Gasteiger partial charge in [-0.1, -0.05) is 11.8 Å². The van der Waals surface area contributed by atoms with Gasteiger partial charge in [0.15, 0.2) is 5.16 Å². The zero-order valence-electron chi connectivity index (χ0n) is 14.6. The maximum Gasteiger partial charge on any atom is 0.191 e. The second-order valence-corrected chi connectivity index (χ2v) is 7.70. The van der Waals surface area contributed by atoms with Crippen molar-refractivity contribution < 1.29 is 4.74 Å². The van der Waals surface area contributed by atoms with Crippen LogP contribution in [0.1, 0.15) is 43.3 Å². The molecule has 8 nitrogen and oxygen atoms in total. The summed E-state index contributed by atoms with van der Waals surface area (Å²) in [4.78, 5) is 0. The van der Waals surface area contributed by atoms with Crippen LogP contribution in [0.15, 0.2) is 11.5 Å². The molecule has 0 bridgehead atoms. The van der Waals surface area contributed by atoms with Gasteiger partial charge >= 0.3 is 0 Å².